The van der Waals surface area contributed by atoms with Gasteiger partial charge in [-0.05, 0) is 63.2 Å². The quantitative estimate of drug-likeness (QED) is 0.423. The normalized spacial score (nSPS) is 23.9. The highest BCUT2D eigenvalue weighted by molar-refractivity contribution is 5.93. The molecule has 1 aliphatic heterocycles. The number of rotatable bonds is 6. The highest BCUT2D eigenvalue weighted by atomic mass is 16.5. The van der Waals surface area contributed by atoms with Gasteiger partial charge in [0.25, 0.3) is 5.91 Å². The molecule has 2 heterocycles. The molecule has 0 atom stereocenters. The van der Waals surface area contributed by atoms with Crippen molar-refractivity contribution in [3.05, 3.63) is 29.1 Å². The number of nitrogens with one attached hydrogen (secondary N) is 2. The number of hydrogen-bond donors (Lipinski definition) is 3. The standard InChI is InChI=1S/C17H26N4O2.2H2/c1-18-5-2-3-12-7-15(8-12)21-6-4-13-9-14(17(22)20-23)10-19-16(13)11-21;;/h9-10,12,15,18,23H,2-8,11H2,1H3,(H,20,22);2*1H. The molecule has 1 aromatic heterocycles. The second-order valence-corrected chi connectivity index (χ2v) is 6.73. The predicted octanol–water partition coefficient (Wildman–Crippen LogP) is 1.83. The molecule has 1 fully saturated rings. The average molecular weight is 322 g/mol. The van der Waals surface area contributed by atoms with Gasteiger partial charge in [0, 0.05) is 28.2 Å². The van der Waals surface area contributed by atoms with Gasteiger partial charge in [-0.15, -0.1) is 0 Å². The summed E-state index contributed by atoms with van der Waals surface area (Å²) in [5.41, 5.74) is 4.29. The van der Waals surface area contributed by atoms with E-state index in [-0.39, 0.29) is 2.85 Å². The molecule has 6 heteroatoms. The van der Waals surface area contributed by atoms with Gasteiger partial charge in [-0.3, -0.25) is 19.9 Å². The van der Waals surface area contributed by atoms with Gasteiger partial charge < -0.3 is 5.32 Å². The van der Waals surface area contributed by atoms with Crippen LogP contribution in [-0.4, -0.2) is 47.2 Å². The van der Waals surface area contributed by atoms with E-state index in [2.05, 4.69) is 15.2 Å². The fourth-order valence-corrected chi connectivity index (χ4v) is 3.74. The molecule has 3 rings (SSSR count). The number of aromatic nitrogens is 1. The van der Waals surface area contributed by atoms with E-state index in [0.717, 1.165) is 43.2 Å². The predicted molar refractivity (Wildman–Crippen MR) is 91.5 cm³/mol. The minimum atomic E-state index is -0.494. The van der Waals surface area contributed by atoms with Crippen molar-refractivity contribution < 1.29 is 12.9 Å². The first-order valence-electron chi connectivity index (χ1n) is 8.52. The lowest BCUT2D eigenvalue weighted by molar-refractivity contribution is 0.0609. The Morgan fingerprint density at radius 1 is 1.52 bits per heavy atom. The molecule has 1 saturated carbocycles. The Hall–Kier alpha value is -1.50. The third kappa shape index (κ3) is 3.71. The van der Waals surface area contributed by atoms with Crippen molar-refractivity contribution in [1.29, 1.82) is 0 Å². The lowest BCUT2D eigenvalue weighted by Crippen LogP contribution is -2.47. The van der Waals surface area contributed by atoms with E-state index in [9.17, 15) is 4.79 Å². The molecule has 130 valence electrons. The van der Waals surface area contributed by atoms with Gasteiger partial charge in [-0.25, -0.2) is 5.48 Å². The molecule has 1 aromatic rings. The molecule has 0 saturated heterocycles. The van der Waals surface area contributed by atoms with Crippen LogP contribution in [-0.2, 0) is 13.0 Å². The van der Waals surface area contributed by atoms with Crippen molar-refractivity contribution in [1.82, 2.24) is 20.7 Å². The second kappa shape index (κ2) is 7.38. The monoisotopic (exact) mass is 322 g/mol. The van der Waals surface area contributed by atoms with Crippen LogP contribution in [0.15, 0.2) is 12.3 Å². The van der Waals surface area contributed by atoms with Crippen LogP contribution in [0.5, 0.6) is 0 Å². The first kappa shape index (κ1) is 16.4. The Labute approximate surface area is 140 Å². The minimum Gasteiger partial charge on any atom is -0.320 e. The molecule has 6 nitrogen and oxygen atoms in total. The van der Waals surface area contributed by atoms with E-state index in [4.69, 9.17) is 5.21 Å². The highest BCUT2D eigenvalue weighted by Crippen LogP contribution is 2.36. The summed E-state index contributed by atoms with van der Waals surface area (Å²) in [5, 5.41) is 11.9. The van der Waals surface area contributed by atoms with Crippen LogP contribution in [0.2, 0.25) is 0 Å². The molecule has 0 unspecified atom stereocenters. The Balaban J connectivity index is 0.00000156. The lowest BCUT2D eigenvalue weighted by Gasteiger charge is -2.44. The molecule has 3 N–H and O–H groups in total. The number of hydrogen-bond acceptors (Lipinski definition) is 5. The fraction of sp³-hybridized carbons (Fsp3) is 0.647. The summed E-state index contributed by atoms with van der Waals surface area (Å²) < 4.78 is 0. The molecule has 0 bridgehead atoms. The zero-order chi connectivity index (χ0) is 16.2. The molecule has 0 radical (unpaired) electrons. The Morgan fingerprint density at radius 3 is 3.09 bits per heavy atom. The van der Waals surface area contributed by atoms with Crippen LogP contribution in [0, 0.1) is 5.92 Å². The van der Waals surface area contributed by atoms with Gasteiger partial charge in [-0.1, -0.05) is 0 Å². The summed E-state index contributed by atoms with van der Waals surface area (Å²) in [4.78, 5) is 18.4. The van der Waals surface area contributed by atoms with Gasteiger partial charge in [0.05, 0.1) is 11.3 Å². The van der Waals surface area contributed by atoms with E-state index >= 15 is 0 Å². The minimum absolute atomic E-state index is 0. The van der Waals surface area contributed by atoms with E-state index in [1.165, 1.54) is 25.7 Å². The molecule has 1 amide bonds. The van der Waals surface area contributed by atoms with Crippen molar-refractivity contribution >= 4 is 5.91 Å². The van der Waals surface area contributed by atoms with E-state index in [0.29, 0.717) is 11.6 Å². The van der Waals surface area contributed by atoms with Gasteiger partial charge in [0.1, 0.15) is 0 Å². The van der Waals surface area contributed by atoms with Crippen LogP contribution in [0.25, 0.3) is 0 Å². The Bertz CT molecular complexity index is 568. The number of carbonyl (C=O) groups is 1. The van der Waals surface area contributed by atoms with Crippen molar-refractivity contribution in [2.24, 2.45) is 5.92 Å². The van der Waals surface area contributed by atoms with Crippen LogP contribution in [0.1, 0.15) is 50.2 Å². The molecule has 0 aromatic carbocycles. The Morgan fingerprint density at radius 2 is 2.35 bits per heavy atom. The summed E-state index contributed by atoms with van der Waals surface area (Å²) >= 11 is 0. The van der Waals surface area contributed by atoms with Crippen molar-refractivity contribution in [3.63, 3.8) is 0 Å². The summed E-state index contributed by atoms with van der Waals surface area (Å²) in [6, 6.07) is 2.55. The SMILES string of the molecule is CNCCCC1CC(N2CCc3cc(C(=O)NO)cnc3C2)C1.[HH].[HH]. The number of nitrogens with zero attached hydrogens (tertiary/aromatic N) is 2. The number of fused-ring (bicyclic) bond motifs is 1. The zero-order valence-corrected chi connectivity index (χ0v) is 13.7. The molecule has 1 aliphatic carbocycles. The maximum Gasteiger partial charge on any atom is 0.276 e. The smallest absolute Gasteiger partial charge is 0.276 e. The maximum atomic E-state index is 11.5. The Kier molecular flexibility index (Phi) is 5.25. The van der Waals surface area contributed by atoms with Gasteiger partial charge in [0.15, 0.2) is 0 Å². The summed E-state index contributed by atoms with van der Waals surface area (Å²) in [7, 11) is 2.01. The van der Waals surface area contributed by atoms with Gasteiger partial charge in [0.2, 0.25) is 0 Å². The zero-order valence-electron chi connectivity index (χ0n) is 13.7. The maximum absolute atomic E-state index is 11.5. The number of carbonyl (C=O) groups excluding carboxylic acids is 1. The van der Waals surface area contributed by atoms with Gasteiger partial charge in [-0.2, -0.15) is 0 Å². The number of hydroxylamine groups is 1. The van der Waals surface area contributed by atoms with Crippen LogP contribution in [0.3, 0.4) is 0 Å². The average Bonchev–Trinajstić information content (AvgIpc) is 2.55. The third-order valence-electron chi connectivity index (χ3n) is 5.21. The molecular weight excluding hydrogens is 292 g/mol. The summed E-state index contributed by atoms with van der Waals surface area (Å²) in [5.74, 6) is 0.393. The van der Waals surface area contributed by atoms with Gasteiger partial charge >= 0.3 is 0 Å². The fourth-order valence-electron chi connectivity index (χ4n) is 3.74. The van der Waals surface area contributed by atoms with Crippen LogP contribution >= 0.6 is 0 Å². The second-order valence-electron chi connectivity index (χ2n) is 6.73. The summed E-state index contributed by atoms with van der Waals surface area (Å²) in [6.07, 6.45) is 7.70. The lowest BCUT2D eigenvalue weighted by atomic mass is 9.76. The van der Waals surface area contributed by atoms with Crippen LogP contribution < -0.4 is 10.8 Å². The number of amides is 1. The largest absolute Gasteiger partial charge is 0.320 e. The highest BCUT2D eigenvalue weighted by Gasteiger charge is 2.34. The molecule has 0 spiro atoms. The van der Waals surface area contributed by atoms with Crippen LogP contribution in [0.4, 0.5) is 0 Å². The van der Waals surface area contributed by atoms with E-state index in [1.807, 2.05) is 13.1 Å². The molecule has 23 heavy (non-hydrogen) atoms. The van der Waals surface area contributed by atoms with Crippen molar-refractivity contribution in [2.45, 2.75) is 44.7 Å². The van der Waals surface area contributed by atoms with Crippen molar-refractivity contribution in [2.75, 3.05) is 20.1 Å². The first-order valence-corrected chi connectivity index (χ1v) is 8.52. The van der Waals surface area contributed by atoms with E-state index in [1.54, 1.807) is 11.7 Å². The molecule has 2 aliphatic rings. The third-order valence-corrected chi connectivity index (χ3v) is 5.21. The van der Waals surface area contributed by atoms with Crippen molar-refractivity contribution in [3.8, 4) is 0 Å². The van der Waals surface area contributed by atoms with E-state index < -0.39 is 5.91 Å². The summed E-state index contributed by atoms with van der Waals surface area (Å²) in [6.45, 7) is 3.03. The number of pyridine rings is 1. The topological polar surface area (TPSA) is 77.5 Å². The molecular formula is C17H30N4O2. The first-order chi connectivity index (χ1) is 11.2.